The molecule has 0 N–H and O–H groups in total. The summed E-state index contributed by atoms with van der Waals surface area (Å²) in [6.07, 6.45) is 0. The largest absolute Gasteiger partial charge is 0.383 e. The van der Waals surface area contributed by atoms with E-state index in [2.05, 4.69) is 35.5 Å². The van der Waals surface area contributed by atoms with Gasteiger partial charge in [-0.3, -0.25) is 4.79 Å². The van der Waals surface area contributed by atoms with Crippen LogP contribution in [-0.2, 0) is 11.3 Å². The minimum atomic E-state index is -0.204. The fourth-order valence-electron chi connectivity index (χ4n) is 3.03. The molecule has 1 aromatic heterocycles. The van der Waals surface area contributed by atoms with Gasteiger partial charge in [-0.05, 0) is 49.6 Å². The lowest BCUT2D eigenvalue weighted by molar-refractivity contribution is 0.0996. The minimum absolute atomic E-state index is 0.204. The molecule has 0 bridgehead atoms. The number of carbonyl (C=O) groups is 1. The van der Waals surface area contributed by atoms with Gasteiger partial charge in [0.05, 0.1) is 16.8 Å². The van der Waals surface area contributed by atoms with E-state index >= 15 is 0 Å². The van der Waals surface area contributed by atoms with Crippen LogP contribution >= 0.6 is 11.3 Å². The SMILES string of the molecule is COCCn1c(=NC(=O)c2ccccc2C)sc2cc(C)cc(C)c21. The molecule has 0 aliphatic heterocycles. The lowest BCUT2D eigenvalue weighted by Gasteiger charge is -2.07. The number of nitrogens with zero attached hydrogens (tertiary/aromatic N) is 2. The van der Waals surface area contributed by atoms with Gasteiger partial charge in [-0.2, -0.15) is 4.99 Å². The molecule has 0 saturated carbocycles. The Kier molecular flexibility index (Phi) is 5.16. The van der Waals surface area contributed by atoms with E-state index in [0.717, 1.165) is 15.8 Å². The molecule has 3 aromatic rings. The summed E-state index contributed by atoms with van der Waals surface area (Å²) in [6, 6.07) is 11.9. The average molecular weight is 354 g/mol. The number of ether oxygens (including phenoxy) is 1. The molecule has 1 amide bonds. The maximum Gasteiger partial charge on any atom is 0.279 e. The fraction of sp³-hybridized carbons (Fsp3) is 0.300. The number of hydrogen-bond acceptors (Lipinski definition) is 3. The van der Waals surface area contributed by atoms with Gasteiger partial charge in [-0.25, -0.2) is 0 Å². The summed E-state index contributed by atoms with van der Waals surface area (Å²) in [5.41, 5.74) is 5.11. The molecule has 130 valence electrons. The molecule has 1 heterocycles. The molecular weight excluding hydrogens is 332 g/mol. The third-order valence-corrected chi connectivity index (χ3v) is 5.23. The Labute approximate surface area is 151 Å². The summed E-state index contributed by atoms with van der Waals surface area (Å²) in [6.45, 7) is 7.35. The zero-order valence-corrected chi connectivity index (χ0v) is 15.8. The van der Waals surface area contributed by atoms with Gasteiger partial charge in [0.1, 0.15) is 0 Å². The van der Waals surface area contributed by atoms with Gasteiger partial charge in [0.25, 0.3) is 5.91 Å². The van der Waals surface area contributed by atoms with E-state index in [0.29, 0.717) is 23.5 Å². The summed E-state index contributed by atoms with van der Waals surface area (Å²) in [7, 11) is 1.68. The van der Waals surface area contributed by atoms with E-state index in [-0.39, 0.29) is 5.91 Å². The van der Waals surface area contributed by atoms with Crippen molar-refractivity contribution in [3.8, 4) is 0 Å². The molecule has 0 aliphatic carbocycles. The molecule has 4 nitrogen and oxygen atoms in total. The van der Waals surface area contributed by atoms with Crippen LogP contribution in [0.15, 0.2) is 41.4 Å². The van der Waals surface area contributed by atoms with Gasteiger partial charge >= 0.3 is 0 Å². The first kappa shape index (κ1) is 17.6. The lowest BCUT2D eigenvalue weighted by Crippen LogP contribution is -2.20. The first-order valence-corrected chi connectivity index (χ1v) is 9.07. The van der Waals surface area contributed by atoms with Crippen molar-refractivity contribution in [3.05, 3.63) is 63.5 Å². The summed E-state index contributed by atoms with van der Waals surface area (Å²) in [5, 5.41) is 0. The molecule has 25 heavy (non-hydrogen) atoms. The van der Waals surface area contributed by atoms with Gasteiger partial charge in [0.15, 0.2) is 4.80 Å². The maximum absolute atomic E-state index is 12.7. The van der Waals surface area contributed by atoms with Crippen LogP contribution in [0.1, 0.15) is 27.0 Å². The second-order valence-corrected chi connectivity index (χ2v) is 7.20. The van der Waals surface area contributed by atoms with E-state index in [4.69, 9.17) is 4.74 Å². The van der Waals surface area contributed by atoms with Gasteiger partial charge < -0.3 is 9.30 Å². The lowest BCUT2D eigenvalue weighted by atomic mass is 10.1. The van der Waals surface area contributed by atoms with Crippen LogP contribution in [-0.4, -0.2) is 24.2 Å². The van der Waals surface area contributed by atoms with Crippen molar-refractivity contribution in [2.75, 3.05) is 13.7 Å². The maximum atomic E-state index is 12.7. The third-order valence-electron chi connectivity index (χ3n) is 4.20. The second kappa shape index (κ2) is 7.33. The Bertz CT molecular complexity index is 999. The highest BCUT2D eigenvalue weighted by Gasteiger charge is 2.12. The smallest absolute Gasteiger partial charge is 0.279 e. The van der Waals surface area contributed by atoms with E-state index in [9.17, 15) is 4.79 Å². The van der Waals surface area contributed by atoms with Crippen molar-refractivity contribution in [2.24, 2.45) is 4.99 Å². The average Bonchev–Trinajstić information content (AvgIpc) is 2.90. The first-order valence-electron chi connectivity index (χ1n) is 8.25. The van der Waals surface area contributed by atoms with Crippen LogP contribution in [0.5, 0.6) is 0 Å². The summed E-state index contributed by atoms with van der Waals surface area (Å²) < 4.78 is 8.48. The Balaban J connectivity index is 2.19. The molecule has 0 atom stereocenters. The second-order valence-electron chi connectivity index (χ2n) is 6.19. The predicted octanol–water partition coefficient (Wildman–Crippen LogP) is 4.02. The van der Waals surface area contributed by atoms with Crippen LogP contribution in [0.25, 0.3) is 10.2 Å². The Morgan fingerprint density at radius 1 is 1.16 bits per heavy atom. The van der Waals surface area contributed by atoms with E-state index in [1.807, 2.05) is 31.2 Å². The normalized spacial score (nSPS) is 12.1. The highest BCUT2D eigenvalue weighted by molar-refractivity contribution is 7.16. The number of thiazole rings is 1. The quantitative estimate of drug-likeness (QED) is 0.710. The standard InChI is InChI=1S/C20H22N2O2S/c1-13-11-15(3)18-17(12-13)25-20(22(18)9-10-24-4)21-19(23)16-8-6-5-7-14(16)2/h5-8,11-12H,9-10H2,1-4H3. The van der Waals surface area contributed by atoms with Crippen LogP contribution < -0.4 is 4.80 Å². The van der Waals surface area contributed by atoms with Crippen molar-refractivity contribution in [2.45, 2.75) is 27.3 Å². The zero-order chi connectivity index (χ0) is 18.0. The highest BCUT2D eigenvalue weighted by Crippen LogP contribution is 2.23. The molecule has 0 radical (unpaired) electrons. The molecule has 0 aliphatic rings. The molecule has 0 saturated heterocycles. The number of methoxy groups -OCH3 is 1. The van der Waals surface area contributed by atoms with Crippen molar-refractivity contribution < 1.29 is 9.53 Å². The number of rotatable bonds is 4. The van der Waals surface area contributed by atoms with Gasteiger partial charge in [-0.1, -0.05) is 35.6 Å². The number of benzene rings is 2. The van der Waals surface area contributed by atoms with Crippen molar-refractivity contribution in [1.82, 2.24) is 4.57 Å². The van der Waals surface area contributed by atoms with Crippen LogP contribution in [0, 0.1) is 20.8 Å². The number of aryl methyl sites for hydroxylation is 3. The summed E-state index contributed by atoms with van der Waals surface area (Å²) in [5.74, 6) is -0.204. The minimum Gasteiger partial charge on any atom is -0.383 e. The van der Waals surface area contributed by atoms with Crippen molar-refractivity contribution >= 4 is 27.5 Å². The molecule has 3 rings (SSSR count). The number of aromatic nitrogens is 1. The molecule has 0 unspecified atom stereocenters. The zero-order valence-electron chi connectivity index (χ0n) is 15.0. The van der Waals surface area contributed by atoms with E-state index < -0.39 is 0 Å². The fourth-order valence-corrected chi connectivity index (χ4v) is 4.26. The number of amides is 1. The summed E-state index contributed by atoms with van der Waals surface area (Å²) >= 11 is 1.55. The molecular formula is C20H22N2O2S. The van der Waals surface area contributed by atoms with E-state index in [1.54, 1.807) is 18.4 Å². The monoisotopic (exact) mass is 354 g/mol. The van der Waals surface area contributed by atoms with Gasteiger partial charge in [-0.15, -0.1) is 0 Å². The number of carbonyl (C=O) groups excluding carboxylic acids is 1. The molecule has 5 heteroatoms. The van der Waals surface area contributed by atoms with Crippen LogP contribution in [0.4, 0.5) is 0 Å². The van der Waals surface area contributed by atoms with Gasteiger partial charge in [0.2, 0.25) is 0 Å². The topological polar surface area (TPSA) is 43.6 Å². The Hall–Kier alpha value is -2.24. The summed E-state index contributed by atoms with van der Waals surface area (Å²) in [4.78, 5) is 17.8. The predicted molar refractivity (Wildman–Crippen MR) is 102 cm³/mol. The number of fused-ring (bicyclic) bond motifs is 1. The number of hydrogen-bond donors (Lipinski definition) is 0. The van der Waals surface area contributed by atoms with E-state index in [1.165, 1.54) is 11.1 Å². The van der Waals surface area contributed by atoms with Crippen molar-refractivity contribution in [1.29, 1.82) is 0 Å². The molecule has 0 spiro atoms. The Morgan fingerprint density at radius 3 is 2.64 bits per heavy atom. The van der Waals surface area contributed by atoms with Crippen molar-refractivity contribution in [3.63, 3.8) is 0 Å². The first-order chi connectivity index (χ1) is 12.0. The molecule has 2 aromatic carbocycles. The molecule has 0 fully saturated rings. The van der Waals surface area contributed by atoms with Gasteiger partial charge in [0, 0.05) is 19.2 Å². The highest BCUT2D eigenvalue weighted by atomic mass is 32.1. The van der Waals surface area contributed by atoms with Crippen LogP contribution in [0.3, 0.4) is 0 Å². The Morgan fingerprint density at radius 2 is 1.92 bits per heavy atom. The third kappa shape index (κ3) is 3.57. The van der Waals surface area contributed by atoms with Crippen LogP contribution in [0.2, 0.25) is 0 Å².